The van der Waals surface area contributed by atoms with E-state index in [1.807, 2.05) is 19.1 Å². The van der Waals surface area contributed by atoms with Gasteiger partial charge in [0.15, 0.2) is 0 Å². The number of phenolic OH excluding ortho intramolecular Hbond substituents is 1. The number of benzene rings is 1. The number of aromatic hydroxyl groups is 1. The predicted molar refractivity (Wildman–Crippen MR) is 78.6 cm³/mol. The van der Waals surface area contributed by atoms with Crippen LogP contribution < -0.4 is 10.6 Å². The van der Waals surface area contributed by atoms with Gasteiger partial charge in [0, 0.05) is 17.8 Å². The summed E-state index contributed by atoms with van der Waals surface area (Å²) in [6.45, 7) is 3.14. The number of hydrogen-bond acceptors (Lipinski definition) is 3. The second-order valence-electron chi connectivity index (χ2n) is 6.05. The average Bonchev–Trinajstić information content (AvgIpc) is 3.04. The van der Waals surface area contributed by atoms with Crippen molar-refractivity contribution in [2.75, 3.05) is 11.9 Å². The molecule has 1 heterocycles. The summed E-state index contributed by atoms with van der Waals surface area (Å²) in [6.07, 6.45) is 6.59. The summed E-state index contributed by atoms with van der Waals surface area (Å²) in [6, 6.07) is 7.11. The van der Waals surface area contributed by atoms with E-state index >= 15 is 0 Å². The Hall–Kier alpha value is -1.22. The van der Waals surface area contributed by atoms with E-state index in [2.05, 4.69) is 10.6 Å². The first-order chi connectivity index (χ1) is 9.24. The molecule has 1 aliphatic heterocycles. The molecule has 1 saturated heterocycles. The van der Waals surface area contributed by atoms with Crippen molar-refractivity contribution in [3.8, 4) is 5.75 Å². The van der Waals surface area contributed by atoms with E-state index in [0.29, 0.717) is 17.8 Å². The van der Waals surface area contributed by atoms with Gasteiger partial charge < -0.3 is 15.7 Å². The molecule has 0 radical (unpaired) electrons. The molecule has 1 aliphatic carbocycles. The first kappa shape index (κ1) is 12.8. The van der Waals surface area contributed by atoms with Gasteiger partial charge in [-0.15, -0.1) is 0 Å². The number of anilines is 1. The van der Waals surface area contributed by atoms with Crippen molar-refractivity contribution < 1.29 is 5.11 Å². The van der Waals surface area contributed by atoms with E-state index in [-0.39, 0.29) is 0 Å². The summed E-state index contributed by atoms with van der Waals surface area (Å²) in [5, 5.41) is 16.9. The third-order valence-corrected chi connectivity index (χ3v) is 4.73. The van der Waals surface area contributed by atoms with Crippen LogP contribution in [0, 0.1) is 12.8 Å². The van der Waals surface area contributed by atoms with Crippen LogP contribution in [0.4, 0.5) is 5.69 Å². The Morgan fingerprint density at radius 2 is 2.11 bits per heavy atom. The van der Waals surface area contributed by atoms with Gasteiger partial charge in [0.1, 0.15) is 5.75 Å². The van der Waals surface area contributed by atoms with Crippen molar-refractivity contribution >= 4 is 5.69 Å². The van der Waals surface area contributed by atoms with Crippen LogP contribution in [0.15, 0.2) is 18.2 Å². The molecule has 0 spiro atoms. The normalized spacial score (nSPS) is 30.7. The zero-order valence-corrected chi connectivity index (χ0v) is 11.7. The highest BCUT2D eigenvalue weighted by Gasteiger charge is 2.34. The van der Waals surface area contributed by atoms with Crippen LogP contribution in [-0.4, -0.2) is 23.7 Å². The molecule has 0 bridgehead atoms. The van der Waals surface area contributed by atoms with Gasteiger partial charge in [-0.05, 0) is 68.8 Å². The lowest BCUT2D eigenvalue weighted by Gasteiger charge is -2.27. The Morgan fingerprint density at radius 3 is 2.84 bits per heavy atom. The molecule has 104 valence electrons. The number of aryl methyl sites for hydroxylation is 1. The molecular formula is C16H24N2O. The quantitative estimate of drug-likeness (QED) is 0.732. The fourth-order valence-corrected chi connectivity index (χ4v) is 3.69. The molecular weight excluding hydrogens is 236 g/mol. The topological polar surface area (TPSA) is 44.3 Å². The van der Waals surface area contributed by atoms with Gasteiger partial charge in [0.2, 0.25) is 0 Å². The highest BCUT2D eigenvalue weighted by molar-refractivity contribution is 5.51. The van der Waals surface area contributed by atoms with Crippen molar-refractivity contribution in [3.05, 3.63) is 23.8 Å². The molecule has 0 amide bonds. The SMILES string of the molecule is Cc1cc(NC2CCCC2C2CCCN2)ccc1O. The lowest BCUT2D eigenvalue weighted by atomic mass is 9.93. The van der Waals surface area contributed by atoms with Crippen LogP contribution in [0.2, 0.25) is 0 Å². The summed E-state index contributed by atoms with van der Waals surface area (Å²) in [7, 11) is 0. The predicted octanol–water partition coefficient (Wildman–Crippen LogP) is 3.03. The van der Waals surface area contributed by atoms with Crippen LogP contribution in [-0.2, 0) is 0 Å². The largest absolute Gasteiger partial charge is 0.508 e. The first-order valence-corrected chi connectivity index (χ1v) is 7.53. The van der Waals surface area contributed by atoms with Gasteiger partial charge in [-0.25, -0.2) is 0 Å². The second-order valence-corrected chi connectivity index (χ2v) is 6.05. The molecule has 3 rings (SSSR count). The van der Waals surface area contributed by atoms with Gasteiger partial charge in [-0.3, -0.25) is 0 Å². The van der Waals surface area contributed by atoms with E-state index in [9.17, 15) is 5.11 Å². The van der Waals surface area contributed by atoms with Crippen molar-refractivity contribution in [1.82, 2.24) is 5.32 Å². The second kappa shape index (κ2) is 5.41. The van der Waals surface area contributed by atoms with Crippen molar-refractivity contribution in [1.29, 1.82) is 0 Å². The van der Waals surface area contributed by atoms with Crippen molar-refractivity contribution in [2.24, 2.45) is 5.92 Å². The molecule has 1 aromatic rings. The van der Waals surface area contributed by atoms with E-state index in [0.717, 1.165) is 17.2 Å². The van der Waals surface area contributed by atoms with Gasteiger partial charge in [0.05, 0.1) is 0 Å². The third kappa shape index (κ3) is 2.71. The number of hydrogen-bond donors (Lipinski definition) is 3. The molecule has 0 aromatic heterocycles. The van der Waals surface area contributed by atoms with Crippen molar-refractivity contribution in [2.45, 2.75) is 51.1 Å². The minimum absolute atomic E-state index is 0.381. The summed E-state index contributed by atoms with van der Waals surface area (Å²) in [5.41, 5.74) is 2.09. The molecule has 1 aromatic carbocycles. The Bertz CT molecular complexity index is 440. The van der Waals surface area contributed by atoms with Gasteiger partial charge in [0.25, 0.3) is 0 Å². The Labute approximate surface area is 115 Å². The smallest absolute Gasteiger partial charge is 0.118 e. The Balaban J connectivity index is 1.69. The summed E-state index contributed by atoms with van der Waals surface area (Å²) in [4.78, 5) is 0. The first-order valence-electron chi connectivity index (χ1n) is 7.53. The van der Waals surface area contributed by atoms with Crippen LogP contribution >= 0.6 is 0 Å². The number of nitrogens with one attached hydrogen (secondary N) is 2. The van der Waals surface area contributed by atoms with Crippen LogP contribution in [0.1, 0.15) is 37.7 Å². The molecule has 1 saturated carbocycles. The lowest BCUT2D eigenvalue weighted by Crippen LogP contribution is -2.38. The lowest BCUT2D eigenvalue weighted by molar-refractivity contribution is 0.376. The third-order valence-electron chi connectivity index (χ3n) is 4.73. The van der Waals surface area contributed by atoms with Crippen LogP contribution in [0.3, 0.4) is 0 Å². The van der Waals surface area contributed by atoms with Crippen molar-refractivity contribution in [3.63, 3.8) is 0 Å². The number of phenols is 1. The summed E-state index contributed by atoms with van der Waals surface area (Å²) >= 11 is 0. The van der Waals surface area contributed by atoms with Gasteiger partial charge in [-0.2, -0.15) is 0 Å². The molecule has 2 fully saturated rings. The molecule has 3 unspecified atom stereocenters. The minimum atomic E-state index is 0.381. The maximum atomic E-state index is 9.59. The molecule has 3 heteroatoms. The molecule has 2 aliphatic rings. The molecule has 3 N–H and O–H groups in total. The fraction of sp³-hybridized carbons (Fsp3) is 0.625. The summed E-state index contributed by atoms with van der Waals surface area (Å²) < 4.78 is 0. The van der Waals surface area contributed by atoms with E-state index < -0.39 is 0 Å². The zero-order chi connectivity index (χ0) is 13.2. The number of rotatable bonds is 3. The van der Waals surface area contributed by atoms with E-state index in [4.69, 9.17) is 0 Å². The minimum Gasteiger partial charge on any atom is -0.508 e. The Kier molecular flexibility index (Phi) is 3.65. The van der Waals surface area contributed by atoms with E-state index in [1.165, 1.54) is 38.6 Å². The molecule has 19 heavy (non-hydrogen) atoms. The highest BCUT2D eigenvalue weighted by Crippen LogP contribution is 2.34. The Morgan fingerprint density at radius 1 is 1.21 bits per heavy atom. The van der Waals surface area contributed by atoms with Crippen LogP contribution in [0.25, 0.3) is 0 Å². The molecule has 3 atom stereocenters. The molecule has 3 nitrogen and oxygen atoms in total. The monoisotopic (exact) mass is 260 g/mol. The van der Waals surface area contributed by atoms with Crippen LogP contribution in [0.5, 0.6) is 5.75 Å². The zero-order valence-electron chi connectivity index (χ0n) is 11.7. The maximum absolute atomic E-state index is 9.59. The highest BCUT2D eigenvalue weighted by atomic mass is 16.3. The summed E-state index contributed by atoms with van der Waals surface area (Å²) in [5.74, 6) is 1.14. The average molecular weight is 260 g/mol. The van der Waals surface area contributed by atoms with E-state index in [1.54, 1.807) is 6.07 Å². The van der Waals surface area contributed by atoms with Gasteiger partial charge >= 0.3 is 0 Å². The fourth-order valence-electron chi connectivity index (χ4n) is 3.69. The van der Waals surface area contributed by atoms with Gasteiger partial charge in [-0.1, -0.05) is 6.42 Å². The standard InChI is InChI=1S/C16H24N2O/c1-11-10-12(7-8-16(11)19)18-15-5-2-4-13(15)14-6-3-9-17-14/h7-8,10,13-15,17-19H,2-6,9H2,1H3. The maximum Gasteiger partial charge on any atom is 0.118 e.